The number of amides is 1. The summed E-state index contributed by atoms with van der Waals surface area (Å²) in [6.45, 7) is 1.21. The molecule has 1 atom stereocenters. The third-order valence-electron chi connectivity index (χ3n) is 5.53. The molecule has 6 heteroatoms. The van der Waals surface area contributed by atoms with Crippen LogP contribution in [0.5, 0.6) is 11.5 Å². The van der Waals surface area contributed by atoms with E-state index in [1.807, 2.05) is 35.2 Å². The number of hydrogen-bond donors (Lipinski definition) is 1. The topological polar surface area (TPSA) is 59.0 Å². The standard InChI is InChI=1S/C21H22BrNO4/c1-26-19-12-14(6-7-16(19)22)20(25)23-10-8-21(9-11-23)13-17(24)15-4-2-3-5-18(15)27-21/h2-7,12,17,24H,8-11,13H2,1H3. The van der Waals surface area contributed by atoms with Crippen molar-refractivity contribution in [3.05, 3.63) is 58.1 Å². The molecular formula is C21H22BrNO4. The molecule has 1 saturated heterocycles. The van der Waals surface area contributed by atoms with Crippen molar-refractivity contribution in [3.8, 4) is 11.5 Å². The molecule has 1 fully saturated rings. The number of aliphatic hydroxyl groups excluding tert-OH is 1. The smallest absolute Gasteiger partial charge is 0.253 e. The number of carbonyl (C=O) groups is 1. The number of ether oxygens (including phenoxy) is 2. The molecule has 27 heavy (non-hydrogen) atoms. The van der Waals surface area contributed by atoms with Crippen LogP contribution >= 0.6 is 15.9 Å². The molecule has 1 spiro atoms. The van der Waals surface area contributed by atoms with E-state index >= 15 is 0 Å². The minimum absolute atomic E-state index is 0.00703. The Morgan fingerprint density at radius 1 is 1.26 bits per heavy atom. The van der Waals surface area contributed by atoms with Gasteiger partial charge in [0.25, 0.3) is 5.91 Å². The second-order valence-electron chi connectivity index (χ2n) is 7.18. The average molecular weight is 432 g/mol. The minimum atomic E-state index is -0.520. The number of benzene rings is 2. The van der Waals surface area contributed by atoms with Gasteiger partial charge in [-0.1, -0.05) is 18.2 Å². The molecule has 1 N–H and O–H groups in total. The molecule has 2 aromatic rings. The summed E-state index contributed by atoms with van der Waals surface area (Å²) in [5, 5.41) is 10.5. The van der Waals surface area contributed by atoms with E-state index in [1.165, 1.54) is 0 Å². The van der Waals surface area contributed by atoms with Gasteiger partial charge in [-0.25, -0.2) is 0 Å². The van der Waals surface area contributed by atoms with Crippen molar-refractivity contribution in [1.82, 2.24) is 4.90 Å². The van der Waals surface area contributed by atoms with E-state index in [1.54, 1.807) is 19.2 Å². The highest BCUT2D eigenvalue weighted by Crippen LogP contribution is 2.44. The van der Waals surface area contributed by atoms with E-state index in [9.17, 15) is 9.90 Å². The molecule has 0 aliphatic carbocycles. The molecule has 1 unspecified atom stereocenters. The van der Waals surface area contributed by atoms with E-state index in [-0.39, 0.29) is 5.91 Å². The quantitative estimate of drug-likeness (QED) is 0.781. The first-order valence-corrected chi connectivity index (χ1v) is 9.89. The molecule has 2 heterocycles. The van der Waals surface area contributed by atoms with Gasteiger partial charge in [0.2, 0.25) is 0 Å². The predicted octanol–water partition coefficient (Wildman–Crippen LogP) is 3.95. The van der Waals surface area contributed by atoms with Gasteiger partial charge >= 0.3 is 0 Å². The first-order valence-electron chi connectivity index (χ1n) is 9.10. The van der Waals surface area contributed by atoms with Crippen molar-refractivity contribution in [3.63, 3.8) is 0 Å². The highest BCUT2D eigenvalue weighted by atomic mass is 79.9. The van der Waals surface area contributed by atoms with Gasteiger partial charge in [0.1, 0.15) is 17.1 Å². The van der Waals surface area contributed by atoms with Gasteiger partial charge in [0.15, 0.2) is 0 Å². The maximum absolute atomic E-state index is 12.9. The zero-order valence-corrected chi connectivity index (χ0v) is 16.7. The summed E-state index contributed by atoms with van der Waals surface area (Å²) in [6.07, 6.45) is 1.46. The van der Waals surface area contributed by atoms with E-state index in [4.69, 9.17) is 9.47 Å². The van der Waals surface area contributed by atoms with Crippen LogP contribution < -0.4 is 9.47 Å². The third kappa shape index (κ3) is 3.44. The Hall–Kier alpha value is -2.05. The van der Waals surface area contributed by atoms with Crippen LogP contribution in [0.4, 0.5) is 0 Å². The van der Waals surface area contributed by atoms with Crippen LogP contribution in [0.1, 0.15) is 41.3 Å². The van der Waals surface area contributed by atoms with Crippen molar-refractivity contribution in [2.24, 2.45) is 0 Å². The van der Waals surface area contributed by atoms with Crippen LogP contribution in [0.25, 0.3) is 0 Å². The molecule has 0 aromatic heterocycles. The zero-order valence-electron chi connectivity index (χ0n) is 15.2. The largest absolute Gasteiger partial charge is 0.496 e. The number of halogens is 1. The van der Waals surface area contributed by atoms with Crippen LogP contribution in [0, 0.1) is 0 Å². The molecule has 0 saturated carbocycles. The van der Waals surface area contributed by atoms with Crippen molar-refractivity contribution >= 4 is 21.8 Å². The number of piperidine rings is 1. The molecular weight excluding hydrogens is 410 g/mol. The first kappa shape index (κ1) is 18.3. The van der Waals surface area contributed by atoms with Gasteiger partial charge in [0, 0.05) is 43.5 Å². The van der Waals surface area contributed by atoms with Crippen LogP contribution in [-0.4, -0.2) is 41.7 Å². The molecule has 1 amide bonds. The van der Waals surface area contributed by atoms with Crippen LogP contribution in [-0.2, 0) is 0 Å². The Bertz CT molecular complexity index is 861. The summed E-state index contributed by atoms with van der Waals surface area (Å²) >= 11 is 3.41. The van der Waals surface area contributed by atoms with Gasteiger partial charge in [-0.15, -0.1) is 0 Å². The van der Waals surface area contributed by atoms with E-state index < -0.39 is 11.7 Å². The number of para-hydroxylation sites is 1. The highest BCUT2D eigenvalue weighted by Gasteiger charge is 2.43. The zero-order chi connectivity index (χ0) is 19.0. The molecule has 2 aliphatic rings. The monoisotopic (exact) mass is 431 g/mol. The summed E-state index contributed by atoms with van der Waals surface area (Å²) in [4.78, 5) is 14.7. The van der Waals surface area contributed by atoms with Crippen LogP contribution in [0.3, 0.4) is 0 Å². The molecule has 2 aromatic carbocycles. The fraction of sp³-hybridized carbons (Fsp3) is 0.381. The van der Waals surface area contributed by atoms with Gasteiger partial charge < -0.3 is 19.5 Å². The number of carbonyl (C=O) groups excluding carboxylic acids is 1. The van der Waals surface area contributed by atoms with Crippen molar-refractivity contribution in [1.29, 1.82) is 0 Å². The Labute approximate surface area is 167 Å². The Kier molecular flexibility index (Phi) is 4.86. The molecule has 0 radical (unpaired) electrons. The summed E-state index contributed by atoms with van der Waals surface area (Å²) in [6, 6.07) is 13.0. The number of aliphatic hydroxyl groups is 1. The Balaban J connectivity index is 1.47. The number of fused-ring (bicyclic) bond motifs is 1. The highest BCUT2D eigenvalue weighted by molar-refractivity contribution is 9.10. The lowest BCUT2D eigenvalue weighted by atomic mass is 9.81. The minimum Gasteiger partial charge on any atom is -0.496 e. The lowest BCUT2D eigenvalue weighted by Gasteiger charge is -2.45. The summed E-state index contributed by atoms with van der Waals surface area (Å²) in [5.41, 5.74) is 1.06. The summed E-state index contributed by atoms with van der Waals surface area (Å²) in [5.74, 6) is 1.39. The van der Waals surface area contributed by atoms with Crippen LogP contribution in [0.15, 0.2) is 46.9 Å². The first-order chi connectivity index (χ1) is 13.0. The lowest BCUT2D eigenvalue weighted by Crippen LogP contribution is -2.51. The van der Waals surface area contributed by atoms with Gasteiger partial charge in [0.05, 0.1) is 17.7 Å². The fourth-order valence-corrected chi connectivity index (χ4v) is 4.39. The molecule has 5 nitrogen and oxygen atoms in total. The van der Waals surface area contributed by atoms with Crippen LogP contribution in [0.2, 0.25) is 0 Å². The van der Waals surface area contributed by atoms with Crippen molar-refractivity contribution in [2.75, 3.05) is 20.2 Å². The second-order valence-corrected chi connectivity index (χ2v) is 8.04. The van der Waals surface area contributed by atoms with Crippen molar-refractivity contribution in [2.45, 2.75) is 31.0 Å². The lowest BCUT2D eigenvalue weighted by molar-refractivity contribution is -0.0495. The maximum Gasteiger partial charge on any atom is 0.253 e. The van der Waals surface area contributed by atoms with Gasteiger partial charge in [-0.2, -0.15) is 0 Å². The van der Waals surface area contributed by atoms with E-state index in [0.29, 0.717) is 43.7 Å². The number of rotatable bonds is 2. The van der Waals surface area contributed by atoms with Gasteiger partial charge in [-0.05, 0) is 40.2 Å². The molecule has 2 aliphatic heterocycles. The number of likely N-dealkylation sites (tertiary alicyclic amines) is 1. The Morgan fingerprint density at radius 3 is 2.74 bits per heavy atom. The van der Waals surface area contributed by atoms with Gasteiger partial charge in [-0.3, -0.25) is 4.79 Å². The Morgan fingerprint density at radius 2 is 2.00 bits per heavy atom. The summed E-state index contributed by atoms with van der Waals surface area (Å²) < 4.78 is 12.4. The normalized spacial score (nSPS) is 20.7. The fourth-order valence-electron chi connectivity index (χ4n) is 3.98. The molecule has 0 bridgehead atoms. The van der Waals surface area contributed by atoms with E-state index in [0.717, 1.165) is 15.8 Å². The second kappa shape index (κ2) is 7.17. The van der Waals surface area contributed by atoms with Crippen molar-refractivity contribution < 1.29 is 19.4 Å². The van der Waals surface area contributed by atoms with E-state index in [2.05, 4.69) is 15.9 Å². The molecule has 142 valence electrons. The number of methoxy groups -OCH3 is 1. The SMILES string of the molecule is COc1cc(C(=O)N2CCC3(CC2)CC(O)c2ccccc2O3)ccc1Br. The number of hydrogen-bond acceptors (Lipinski definition) is 4. The molecule has 4 rings (SSSR count). The maximum atomic E-state index is 12.9. The number of nitrogens with zero attached hydrogens (tertiary/aromatic N) is 1. The average Bonchev–Trinajstić information content (AvgIpc) is 2.68. The summed E-state index contributed by atoms with van der Waals surface area (Å²) in [7, 11) is 1.59. The predicted molar refractivity (Wildman–Crippen MR) is 105 cm³/mol. The third-order valence-corrected chi connectivity index (χ3v) is 6.18.